The first-order chi connectivity index (χ1) is 23.8. The van der Waals surface area contributed by atoms with Gasteiger partial charge in [-0.15, -0.1) is 13.2 Å². The van der Waals surface area contributed by atoms with Gasteiger partial charge in [-0.3, -0.25) is 0 Å². The molecule has 1 heterocycles. The fourth-order valence-electron chi connectivity index (χ4n) is 4.48. The van der Waals surface area contributed by atoms with Gasteiger partial charge in [0.1, 0.15) is 29.3 Å². The predicted octanol–water partition coefficient (Wildman–Crippen LogP) is 6.75. The van der Waals surface area contributed by atoms with E-state index in [9.17, 15) is 37.1 Å². The van der Waals surface area contributed by atoms with Crippen molar-refractivity contribution in [2.75, 3.05) is 19.8 Å². The van der Waals surface area contributed by atoms with Crippen molar-refractivity contribution in [1.29, 1.82) is 0 Å². The van der Waals surface area contributed by atoms with Crippen LogP contribution in [0.25, 0.3) is 0 Å². The highest BCUT2D eigenvalue weighted by atomic mass is 19.4. The van der Waals surface area contributed by atoms with Gasteiger partial charge in [-0.05, 0) is 66.6 Å². The van der Waals surface area contributed by atoms with Crippen LogP contribution in [0.1, 0.15) is 61.6 Å². The standard InChI is InChI=1S/C36H30F4O10/c1-35(21-47-35)20-45-16-15-29(41)23-7-9-24(10-8-23)32(42)48-26-12-14-30(27(18-26)34(44)46-19-22-5-3-2-4-6-22)49-33(43)25-11-13-31(28(37)17-25)50-36(38,39)40/h2-14,17-18,29,41H,15-16,19-21H2,1H3. The van der Waals surface area contributed by atoms with Gasteiger partial charge < -0.3 is 33.5 Å². The van der Waals surface area contributed by atoms with Crippen molar-refractivity contribution in [2.24, 2.45) is 0 Å². The number of epoxide rings is 1. The lowest BCUT2D eigenvalue weighted by Crippen LogP contribution is -2.18. The zero-order chi connectivity index (χ0) is 35.9. The van der Waals surface area contributed by atoms with Crippen molar-refractivity contribution in [1.82, 2.24) is 0 Å². The maximum absolute atomic E-state index is 14.2. The number of ether oxygens (including phenoxy) is 6. The van der Waals surface area contributed by atoms with Gasteiger partial charge in [-0.2, -0.15) is 0 Å². The molecule has 1 N–H and O–H groups in total. The third kappa shape index (κ3) is 10.1. The van der Waals surface area contributed by atoms with Crippen molar-refractivity contribution in [2.45, 2.75) is 38.0 Å². The number of halogens is 4. The Balaban J connectivity index is 1.28. The SMILES string of the molecule is CC1(COCCC(O)c2ccc(C(=O)Oc3ccc(OC(=O)c4ccc(OC(F)(F)F)c(F)c4)c(C(=O)OCc4ccccc4)c3)cc2)CO1. The van der Waals surface area contributed by atoms with Crippen LogP contribution in [0, 0.1) is 5.82 Å². The third-order valence-electron chi connectivity index (χ3n) is 7.30. The Labute approximate surface area is 283 Å². The summed E-state index contributed by atoms with van der Waals surface area (Å²) in [5.74, 6) is -6.14. The van der Waals surface area contributed by atoms with Gasteiger partial charge >= 0.3 is 24.3 Å². The molecule has 0 radical (unpaired) electrons. The molecule has 10 nitrogen and oxygen atoms in total. The highest BCUT2D eigenvalue weighted by Crippen LogP contribution is 2.30. The monoisotopic (exact) mass is 698 g/mol. The van der Waals surface area contributed by atoms with Gasteiger partial charge in [0.25, 0.3) is 0 Å². The Morgan fingerprint density at radius 3 is 2.18 bits per heavy atom. The van der Waals surface area contributed by atoms with Gasteiger partial charge in [0.05, 0.1) is 30.4 Å². The Bertz CT molecular complexity index is 1820. The average Bonchev–Trinajstić information content (AvgIpc) is 3.83. The molecule has 0 aromatic heterocycles. The van der Waals surface area contributed by atoms with Crippen LogP contribution in [0.5, 0.6) is 17.2 Å². The molecule has 1 saturated heterocycles. The minimum Gasteiger partial charge on any atom is -0.457 e. The molecule has 0 bridgehead atoms. The number of rotatable bonds is 14. The second-order valence-corrected chi connectivity index (χ2v) is 11.4. The summed E-state index contributed by atoms with van der Waals surface area (Å²) in [7, 11) is 0. The molecule has 14 heteroatoms. The van der Waals surface area contributed by atoms with Crippen LogP contribution in [0.3, 0.4) is 0 Å². The van der Waals surface area contributed by atoms with E-state index < -0.39 is 47.5 Å². The van der Waals surface area contributed by atoms with E-state index >= 15 is 0 Å². The fourth-order valence-corrected chi connectivity index (χ4v) is 4.48. The minimum atomic E-state index is -5.16. The summed E-state index contributed by atoms with van der Waals surface area (Å²) in [5, 5.41) is 10.5. The molecular weight excluding hydrogens is 668 g/mol. The van der Waals surface area contributed by atoms with E-state index in [4.69, 9.17) is 23.7 Å². The van der Waals surface area contributed by atoms with E-state index in [0.717, 1.165) is 18.2 Å². The van der Waals surface area contributed by atoms with E-state index in [1.54, 1.807) is 42.5 Å². The smallest absolute Gasteiger partial charge is 0.457 e. The highest BCUT2D eigenvalue weighted by molar-refractivity contribution is 5.97. The van der Waals surface area contributed by atoms with E-state index in [1.807, 2.05) is 6.92 Å². The van der Waals surface area contributed by atoms with Crippen LogP contribution in [-0.2, 0) is 20.8 Å². The highest BCUT2D eigenvalue weighted by Gasteiger charge is 2.39. The molecule has 4 aromatic carbocycles. The van der Waals surface area contributed by atoms with Crippen LogP contribution in [0.4, 0.5) is 17.6 Å². The van der Waals surface area contributed by atoms with E-state index in [0.29, 0.717) is 49.5 Å². The molecule has 5 rings (SSSR count). The molecule has 0 saturated carbocycles. The number of carbonyl (C=O) groups excluding carboxylic acids is 3. The van der Waals surface area contributed by atoms with Crippen LogP contribution in [0.2, 0.25) is 0 Å². The first kappa shape index (κ1) is 36.0. The zero-order valence-electron chi connectivity index (χ0n) is 26.4. The first-order valence-electron chi connectivity index (χ1n) is 15.1. The molecule has 2 atom stereocenters. The second-order valence-electron chi connectivity index (χ2n) is 11.4. The molecule has 50 heavy (non-hydrogen) atoms. The molecule has 1 aliphatic rings. The quantitative estimate of drug-likeness (QED) is 0.0496. The number of alkyl halides is 3. The summed E-state index contributed by atoms with van der Waals surface area (Å²) in [5.41, 5.74) is 0.229. The van der Waals surface area contributed by atoms with Gasteiger partial charge in [-0.1, -0.05) is 42.5 Å². The summed E-state index contributed by atoms with van der Waals surface area (Å²) in [6.07, 6.45) is -5.67. The molecule has 0 amide bonds. The van der Waals surface area contributed by atoms with Gasteiger partial charge in [0.2, 0.25) is 0 Å². The van der Waals surface area contributed by atoms with Crippen molar-refractivity contribution < 1.29 is 65.5 Å². The Hall–Kier alpha value is -5.31. The molecule has 1 fully saturated rings. The normalized spacial score (nSPS) is 15.9. The second kappa shape index (κ2) is 15.5. The lowest BCUT2D eigenvalue weighted by atomic mass is 10.0. The predicted molar refractivity (Wildman–Crippen MR) is 166 cm³/mol. The number of hydrogen-bond acceptors (Lipinski definition) is 10. The maximum atomic E-state index is 14.2. The molecule has 262 valence electrons. The van der Waals surface area contributed by atoms with Gasteiger partial charge in [0.15, 0.2) is 11.6 Å². The average molecular weight is 699 g/mol. The first-order valence-corrected chi connectivity index (χ1v) is 15.1. The van der Waals surface area contributed by atoms with Gasteiger partial charge in [-0.25, -0.2) is 18.8 Å². The minimum absolute atomic E-state index is 0.125. The van der Waals surface area contributed by atoms with Gasteiger partial charge in [0, 0.05) is 13.0 Å². The molecule has 2 unspecified atom stereocenters. The lowest BCUT2D eigenvalue weighted by molar-refractivity contribution is -0.275. The fraction of sp³-hybridized carbons (Fsp3) is 0.250. The van der Waals surface area contributed by atoms with Crippen molar-refractivity contribution >= 4 is 17.9 Å². The molecule has 4 aromatic rings. The maximum Gasteiger partial charge on any atom is 0.573 e. The van der Waals surface area contributed by atoms with Crippen LogP contribution < -0.4 is 14.2 Å². The van der Waals surface area contributed by atoms with Crippen LogP contribution in [0.15, 0.2) is 91.0 Å². The van der Waals surface area contributed by atoms with Crippen molar-refractivity contribution in [3.8, 4) is 17.2 Å². The summed E-state index contributed by atoms with van der Waals surface area (Å²) in [6, 6.07) is 20.1. The van der Waals surface area contributed by atoms with E-state index in [-0.39, 0.29) is 34.8 Å². The number of aliphatic hydroxyl groups excluding tert-OH is 1. The van der Waals surface area contributed by atoms with Crippen LogP contribution >= 0.6 is 0 Å². The molecular formula is C36H30F4O10. The lowest BCUT2D eigenvalue weighted by Gasteiger charge is -2.14. The Morgan fingerprint density at radius 1 is 0.860 bits per heavy atom. The number of benzene rings is 4. The van der Waals surface area contributed by atoms with Crippen LogP contribution in [-0.4, -0.2) is 54.8 Å². The molecule has 0 aliphatic carbocycles. The Morgan fingerprint density at radius 2 is 1.52 bits per heavy atom. The summed E-state index contributed by atoms with van der Waals surface area (Å²) in [6.45, 7) is 3.14. The topological polar surface area (TPSA) is 130 Å². The third-order valence-corrected chi connectivity index (χ3v) is 7.30. The molecule has 1 aliphatic heterocycles. The van der Waals surface area contributed by atoms with Crippen molar-refractivity contribution in [3.63, 3.8) is 0 Å². The zero-order valence-corrected chi connectivity index (χ0v) is 26.4. The number of esters is 3. The molecule has 0 spiro atoms. The summed E-state index contributed by atoms with van der Waals surface area (Å²) >= 11 is 0. The summed E-state index contributed by atoms with van der Waals surface area (Å²) < 4.78 is 82.3. The number of hydrogen-bond donors (Lipinski definition) is 1. The number of carbonyl (C=O) groups is 3. The number of aliphatic hydroxyl groups is 1. The summed E-state index contributed by atoms with van der Waals surface area (Å²) in [4.78, 5) is 39.0. The van der Waals surface area contributed by atoms with Crippen molar-refractivity contribution in [3.05, 3.63) is 125 Å². The van der Waals surface area contributed by atoms with E-state index in [1.165, 1.54) is 18.2 Å². The van der Waals surface area contributed by atoms with E-state index in [2.05, 4.69) is 4.74 Å². The Kier molecular flexibility index (Phi) is 11.1. The largest absolute Gasteiger partial charge is 0.573 e.